The molecular formula is C17H16S. The fraction of sp³-hybridized carbons (Fsp3) is 0.176. The standard InChI is InChI=1S/C17H16S/c18-10-4-3-5-13-8-9-17-15(11-13)12-14-6-1-2-7-16(14)17/h1-3,5-9,11,18H,4,10,12H2. The number of allylic oxidation sites excluding steroid dienone is 1. The van der Waals surface area contributed by atoms with Gasteiger partial charge in [-0.15, -0.1) is 0 Å². The van der Waals surface area contributed by atoms with Crippen molar-refractivity contribution in [2.24, 2.45) is 0 Å². The third-order valence-electron chi connectivity index (χ3n) is 3.42. The van der Waals surface area contributed by atoms with Crippen LogP contribution >= 0.6 is 12.6 Å². The average molecular weight is 252 g/mol. The molecule has 0 fully saturated rings. The molecule has 0 N–H and O–H groups in total. The lowest BCUT2D eigenvalue weighted by Gasteiger charge is -2.01. The third-order valence-corrected chi connectivity index (χ3v) is 3.68. The molecule has 0 atom stereocenters. The lowest BCUT2D eigenvalue weighted by molar-refractivity contribution is 1.25. The van der Waals surface area contributed by atoms with E-state index in [0.717, 1.165) is 18.6 Å². The van der Waals surface area contributed by atoms with Gasteiger partial charge in [0.05, 0.1) is 0 Å². The minimum atomic E-state index is 0.910. The van der Waals surface area contributed by atoms with Gasteiger partial charge in [0, 0.05) is 0 Å². The van der Waals surface area contributed by atoms with Crippen LogP contribution in [-0.2, 0) is 6.42 Å². The van der Waals surface area contributed by atoms with Gasteiger partial charge in [-0.2, -0.15) is 12.6 Å². The first-order valence-corrected chi connectivity index (χ1v) is 7.00. The van der Waals surface area contributed by atoms with E-state index >= 15 is 0 Å². The van der Waals surface area contributed by atoms with Gasteiger partial charge in [-0.05, 0) is 46.4 Å². The van der Waals surface area contributed by atoms with Gasteiger partial charge >= 0.3 is 0 Å². The molecule has 0 amide bonds. The van der Waals surface area contributed by atoms with E-state index in [1.807, 2.05) is 0 Å². The van der Waals surface area contributed by atoms with Crippen LogP contribution in [0.4, 0.5) is 0 Å². The Hall–Kier alpha value is -1.47. The van der Waals surface area contributed by atoms with Crippen molar-refractivity contribution in [2.45, 2.75) is 12.8 Å². The van der Waals surface area contributed by atoms with Crippen molar-refractivity contribution < 1.29 is 0 Å². The van der Waals surface area contributed by atoms with Crippen LogP contribution in [0.2, 0.25) is 0 Å². The normalized spacial score (nSPS) is 12.7. The summed E-state index contributed by atoms with van der Waals surface area (Å²) in [7, 11) is 0. The van der Waals surface area contributed by atoms with Crippen molar-refractivity contribution in [2.75, 3.05) is 5.75 Å². The Balaban J connectivity index is 1.93. The molecule has 0 spiro atoms. The number of benzene rings is 2. The van der Waals surface area contributed by atoms with Crippen molar-refractivity contribution in [3.8, 4) is 11.1 Å². The molecule has 0 aromatic heterocycles. The van der Waals surface area contributed by atoms with E-state index in [9.17, 15) is 0 Å². The highest BCUT2D eigenvalue weighted by Crippen LogP contribution is 2.36. The zero-order valence-electron chi connectivity index (χ0n) is 10.3. The Bertz CT molecular complexity index is 596. The summed E-state index contributed by atoms with van der Waals surface area (Å²) < 4.78 is 0. The summed E-state index contributed by atoms with van der Waals surface area (Å²) in [5.41, 5.74) is 6.99. The fourth-order valence-corrected chi connectivity index (χ4v) is 2.71. The van der Waals surface area contributed by atoms with Crippen molar-refractivity contribution >= 4 is 18.7 Å². The molecule has 0 heterocycles. The molecule has 0 aliphatic heterocycles. The SMILES string of the molecule is SCCC=Cc1ccc2c(c1)Cc1ccccc1-2. The number of thiol groups is 1. The first-order chi connectivity index (χ1) is 8.88. The van der Waals surface area contributed by atoms with Crippen LogP contribution in [-0.4, -0.2) is 5.75 Å². The summed E-state index contributed by atoms with van der Waals surface area (Å²) in [6.07, 6.45) is 6.48. The van der Waals surface area contributed by atoms with Crippen LogP contribution in [0.25, 0.3) is 17.2 Å². The summed E-state index contributed by atoms with van der Waals surface area (Å²) >= 11 is 4.21. The van der Waals surface area contributed by atoms with Gasteiger partial charge < -0.3 is 0 Å². The summed E-state index contributed by atoms with van der Waals surface area (Å²) in [6.45, 7) is 0. The van der Waals surface area contributed by atoms with E-state index in [4.69, 9.17) is 0 Å². The second-order valence-electron chi connectivity index (χ2n) is 4.67. The molecule has 0 radical (unpaired) electrons. The van der Waals surface area contributed by atoms with Crippen LogP contribution in [0.3, 0.4) is 0 Å². The van der Waals surface area contributed by atoms with Crippen LogP contribution < -0.4 is 0 Å². The summed E-state index contributed by atoms with van der Waals surface area (Å²) in [6, 6.07) is 15.5. The Morgan fingerprint density at radius 2 is 1.83 bits per heavy atom. The van der Waals surface area contributed by atoms with E-state index in [-0.39, 0.29) is 0 Å². The summed E-state index contributed by atoms with van der Waals surface area (Å²) in [5, 5.41) is 0. The predicted octanol–water partition coefficient (Wildman–Crippen LogP) is 4.59. The summed E-state index contributed by atoms with van der Waals surface area (Å²) in [5.74, 6) is 0.910. The smallest absolute Gasteiger partial charge is 0.00132 e. The molecule has 0 bridgehead atoms. The van der Waals surface area contributed by atoms with E-state index in [2.05, 4.69) is 67.2 Å². The average Bonchev–Trinajstić information content (AvgIpc) is 2.76. The number of fused-ring (bicyclic) bond motifs is 3. The number of hydrogen-bond acceptors (Lipinski definition) is 1. The quantitative estimate of drug-likeness (QED) is 0.647. The molecule has 2 aromatic rings. The molecule has 1 aliphatic rings. The maximum absolute atomic E-state index is 4.21. The zero-order valence-corrected chi connectivity index (χ0v) is 11.2. The van der Waals surface area contributed by atoms with Gasteiger partial charge in [0.1, 0.15) is 0 Å². The highest BCUT2D eigenvalue weighted by Gasteiger charge is 2.17. The maximum Gasteiger partial charge on any atom is -0.00132 e. The highest BCUT2D eigenvalue weighted by atomic mass is 32.1. The van der Waals surface area contributed by atoms with Gasteiger partial charge in [-0.25, -0.2) is 0 Å². The van der Waals surface area contributed by atoms with Crippen molar-refractivity contribution in [3.63, 3.8) is 0 Å². The molecule has 18 heavy (non-hydrogen) atoms. The van der Waals surface area contributed by atoms with Crippen LogP contribution in [0.5, 0.6) is 0 Å². The molecule has 0 nitrogen and oxygen atoms in total. The van der Waals surface area contributed by atoms with E-state index < -0.39 is 0 Å². The van der Waals surface area contributed by atoms with Crippen molar-refractivity contribution in [3.05, 3.63) is 65.2 Å². The molecule has 90 valence electrons. The van der Waals surface area contributed by atoms with Gasteiger partial charge in [0.2, 0.25) is 0 Å². The van der Waals surface area contributed by atoms with Gasteiger partial charge in [0.25, 0.3) is 0 Å². The minimum absolute atomic E-state index is 0.910. The predicted molar refractivity (Wildman–Crippen MR) is 82.2 cm³/mol. The van der Waals surface area contributed by atoms with Crippen LogP contribution in [0, 0.1) is 0 Å². The summed E-state index contributed by atoms with van der Waals surface area (Å²) in [4.78, 5) is 0. The minimum Gasteiger partial charge on any atom is -0.179 e. The Labute approximate surface area is 114 Å². The van der Waals surface area contributed by atoms with Gasteiger partial charge in [0.15, 0.2) is 0 Å². The molecule has 3 rings (SSSR count). The highest BCUT2D eigenvalue weighted by molar-refractivity contribution is 7.80. The second kappa shape index (κ2) is 5.03. The van der Waals surface area contributed by atoms with Crippen LogP contribution in [0.1, 0.15) is 23.1 Å². The van der Waals surface area contributed by atoms with Crippen LogP contribution in [0.15, 0.2) is 48.5 Å². The Morgan fingerprint density at radius 3 is 2.72 bits per heavy atom. The first kappa shape index (κ1) is 11.6. The molecule has 0 unspecified atom stereocenters. The monoisotopic (exact) mass is 252 g/mol. The van der Waals surface area contributed by atoms with E-state index in [1.54, 1.807) is 0 Å². The lowest BCUT2D eigenvalue weighted by Crippen LogP contribution is -1.82. The second-order valence-corrected chi connectivity index (χ2v) is 5.11. The fourth-order valence-electron chi connectivity index (χ4n) is 2.56. The molecule has 1 heteroatoms. The Kier molecular flexibility index (Phi) is 3.24. The van der Waals surface area contributed by atoms with Gasteiger partial charge in [-0.1, -0.05) is 54.6 Å². The molecule has 1 aliphatic carbocycles. The number of hydrogen-bond donors (Lipinski definition) is 1. The van der Waals surface area contributed by atoms with Crippen molar-refractivity contribution in [1.82, 2.24) is 0 Å². The van der Waals surface area contributed by atoms with Gasteiger partial charge in [-0.3, -0.25) is 0 Å². The molecule has 0 saturated carbocycles. The molecular weight excluding hydrogens is 236 g/mol. The van der Waals surface area contributed by atoms with E-state index in [0.29, 0.717) is 0 Å². The zero-order chi connectivity index (χ0) is 12.4. The first-order valence-electron chi connectivity index (χ1n) is 6.37. The number of rotatable bonds is 3. The third kappa shape index (κ3) is 2.11. The maximum atomic E-state index is 4.21. The topological polar surface area (TPSA) is 0 Å². The lowest BCUT2D eigenvalue weighted by atomic mass is 10.0. The van der Waals surface area contributed by atoms with E-state index in [1.165, 1.54) is 27.8 Å². The largest absolute Gasteiger partial charge is 0.179 e. The molecule has 2 aromatic carbocycles. The van der Waals surface area contributed by atoms with Crippen molar-refractivity contribution in [1.29, 1.82) is 0 Å². The Morgan fingerprint density at radius 1 is 1.00 bits per heavy atom. The molecule has 0 saturated heterocycles.